The van der Waals surface area contributed by atoms with Crippen LogP contribution in [0.5, 0.6) is 0 Å². The first-order valence-electron chi connectivity index (χ1n) is 17.2. The first-order chi connectivity index (χ1) is 23.4. The van der Waals surface area contributed by atoms with E-state index >= 15 is 0 Å². The fourth-order valence-corrected chi connectivity index (χ4v) is 7.49. The minimum absolute atomic E-state index is 0.540. The molecule has 0 aliphatic heterocycles. The molecule has 8 rings (SSSR count). The molecule has 4 aromatic carbocycles. The lowest BCUT2D eigenvalue weighted by atomic mass is 9.74. The Morgan fingerprint density at radius 1 is 0.500 bits per heavy atom. The summed E-state index contributed by atoms with van der Waals surface area (Å²) >= 11 is 0. The Morgan fingerprint density at radius 2 is 0.896 bits per heavy atom. The second-order valence-electron chi connectivity index (χ2n) is 13.5. The van der Waals surface area contributed by atoms with Gasteiger partial charge in [-0.25, -0.2) is 19.9 Å². The van der Waals surface area contributed by atoms with Gasteiger partial charge in [-0.3, -0.25) is 0 Å². The molecule has 0 saturated heterocycles. The SMILES string of the molecule is CCCn1c(C(C)(CCC(C)(c2nc3ccccc3[nH]2)c2nc3ccccc3[nH]2)c2nc3ccccc3n2CCC)nc2ccccc21. The molecule has 0 unspecified atom stereocenters. The predicted octanol–water partition coefficient (Wildman–Crippen LogP) is 9.05. The van der Waals surface area contributed by atoms with Crippen LogP contribution in [0.15, 0.2) is 97.1 Å². The van der Waals surface area contributed by atoms with Crippen LogP contribution in [0.4, 0.5) is 0 Å². The minimum Gasteiger partial charge on any atom is -0.341 e. The summed E-state index contributed by atoms with van der Waals surface area (Å²) in [5.41, 5.74) is 7.19. The molecule has 0 radical (unpaired) electrons. The number of rotatable bonds is 11. The maximum atomic E-state index is 5.43. The van der Waals surface area contributed by atoms with E-state index in [-0.39, 0.29) is 0 Å². The highest BCUT2D eigenvalue weighted by Crippen LogP contribution is 2.44. The molecule has 8 aromatic rings. The number of imidazole rings is 4. The van der Waals surface area contributed by atoms with Gasteiger partial charge in [-0.2, -0.15) is 0 Å². The Morgan fingerprint density at radius 3 is 1.33 bits per heavy atom. The molecule has 4 aromatic heterocycles. The van der Waals surface area contributed by atoms with Crippen LogP contribution in [0.1, 0.15) is 76.7 Å². The van der Waals surface area contributed by atoms with Crippen LogP contribution in [0.25, 0.3) is 44.1 Å². The third kappa shape index (κ3) is 4.81. The van der Waals surface area contributed by atoms with E-state index in [9.17, 15) is 0 Å². The van der Waals surface area contributed by atoms with Crippen molar-refractivity contribution in [2.75, 3.05) is 0 Å². The third-order valence-corrected chi connectivity index (χ3v) is 10.1. The summed E-state index contributed by atoms with van der Waals surface area (Å²) in [7, 11) is 0. The number of para-hydroxylation sites is 8. The van der Waals surface area contributed by atoms with Crippen LogP contribution in [0, 0.1) is 0 Å². The number of hydrogen-bond donors (Lipinski definition) is 2. The highest BCUT2D eigenvalue weighted by atomic mass is 15.1. The zero-order valence-electron chi connectivity index (χ0n) is 28.2. The molecular weight excluding hydrogens is 592 g/mol. The molecule has 0 fully saturated rings. The van der Waals surface area contributed by atoms with Crippen LogP contribution in [0.3, 0.4) is 0 Å². The highest BCUT2D eigenvalue weighted by Gasteiger charge is 2.44. The molecule has 0 atom stereocenters. The van der Waals surface area contributed by atoms with E-state index in [1.807, 2.05) is 12.1 Å². The summed E-state index contributed by atoms with van der Waals surface area (Å²) in [6, 6.07) is 33.6. The molecule has 4 heterocycles. The lowest BCUT2D eigenvalue weighted by Gasteiger charge is -2.34. The zero-order valence-corrected chi connectivity index (χ0v) is 28.2. The van der Waals surface area contributed by atoms with Crippen LogP contribution in [-0.2, 0) is 23.9 Å². The van der Waals surface area contributed by atoms with Crippen molar-refractivity contribution in [3.05, 3.63) is 120 Å². The standard InChI is InChI=1S/C40H42N8/c1-5-25-47-33-21-13-11-19-31(33)45-37(47)40(4,38-46-32-20-12-14-22-34(32)48(38)26-6-2)24-23-39(3,35-41-27-15-7-8-16-28(27)42-35)36-43-29-17-9-10-18-30(29)44-36/h7-22H,5-6,23-26H2,1-4H3,(H,41,42)(H,43,44). The van der Waals surface area contributed by atoms with E-state index in [1.165, 1.54) is 0 Å². The van der Waals surface area contributed by atoms with Crippen LogP contribution in [-0.4, -0.2) is 39.0 Å². The first kappa shape index (κ1) is 30.1. The van der Waals surface area contributed by atoms with Crippen molar-refractivity contribution in [1.29, 1.82) is 0 Å². The fourth-order valence-electron chi connectivity index (χ4n) is 7.49. The molecule has 0 aliphatic rings. The average molecular weight is 635 g/mol. The Balaban J connectivity index is 1.35. The average Bonchev–Trinajstić information content (AvgIpc) is 3.91. The van der Waals surface area contributed by atoms with Gasteiger partial charge in [-0.05, 0) is 88.1 Å². The van der Waals surface area contributed by atoms with Gasteiger partial charge in [0.15, 0.2) is 0 Å². The van der Waals surface area contributed by atoms with Crippen LogP contribution < -0.4 is 0 Å². The van der Waals surface area contributed by atoms with Gasteiger partial charge in [0.25, 0.3) is 0 Å². The Kier molecular flexibility index (Phi) is 7.39. The van der Waals surface area contributed by atoms with Crippen molar-refractivity contribution in [3.8, 4) is 0 Å². The van der Waals surface area contributed by atoms with Gasteiger partial charge in [0.1, 0.15) is 23.3 Å². The Labute approximate surface area is 280 Å². The van der Waals surface area contributed by atoms with Gasteiger partial charge in [0.05, 0.1) is 55.0 Å². The normalized spacial score (nSPS) is 12.7. The van der Waals surface area contributed by atoms with E-state index in [1.54, 1.807) is 0 Å². The third-order valence-electron chi connectivity index (χ3n) is 10.1. The molecule has 0 saturated carbocycles. The van der Waals surface area contributed by atoms with E-state index < -0.39 is 10.8 Å². The number of fused-ring (bicyclic) bond motifs is 4. The molecule has 0 bridgehead atoms. The van der Waals surface area contributed by atoms with Gasteiger partial charge < -0.3 is 19.1 Å². The quantitative estimate of drug-likeness (QED) is 0.148. The van der Waals surface area contributed by atoms with Crippen molar-refractivity contribution >= 4 is 44.1 Å². The van der Waals surface area contributed by atoms with E-state index in [2.05, 4.69) is 132 Å². The predicted molar refractivity (Wildman–Crippen MR) is 194 cm³/mol. The van der Waals surface area contributed by atoms with Gasteiger partial charge in [0, 0.05) is 13.1 Å². The number of nitrogens with one attached hydrogen (secondary N) is 2. The molecule has 48 heavy (non-hydrogen) atoms. The van der Waals surface area contributed by atoms with Gasteiger partial charge in [-0.15, -0.1) is 0 Å². The zero-order chi connectivity index (χ0) is 32.9. The number of benzene rings is 4. The number of nitrogens with zero attached hydrogens (tertiary/aromatic N) is 6. The largest absolute Gasteiger partial charge is 0.341 e. The van der Waals surface area contributed by atoms with Gasteiger partial charge in [-0.1, -0.05) is 62.4 Å². The van der Waals surface area contributed by atoms with Crippen molar-refractivity contribution in [2.24, 2.45) is 0 Å². The fraction of sp³-hybridized carbons (Fsp3) is 0.300. The minimum atomic E-state index is -0.567. The lowest BCUT2D eigenvalue weighted by molar-refractivity contribution is 0.352. The summed E-state index contributed by atoms with van der Waals surface area (Å²) in [6.45, 7) is 10.9. The molecular formula is C40H42N8. The smallest absolute Gasteiger partial charge is 0.123 e. The summed E-state index contributed by atoms with van der Waals surface area (Å²) < 4.78 is 4.87. The van der Waals surface area contributed by atoms with E-state index in [0.29, 0.717) is 0 Å². The van der Waals surface area contributed by atoms with Crippen molar-refractivity contribution in [2.45, 2.75) is 77.3 Å². The molecule has 0 aliphatic carbocycles. The number of aromatic amines is 2. The Hall–Kier alpha value is -5.24. The number of H-pyrrole nitrogens is 2. The van der Waals surface area contributed by atoms with E-state index in [0.717, 1.165) is 106 Å². The maximum Gasteiger partial charge on any atom is 0.123 e. The summed E-state index contributed by atoms with van der Waals surface area (Å²) in [5.74, 6) is 3.90. The van der Waals surface area contributed by atoms with Crippen molar-refractivity contribution < 1.29 is 0 Å². The van der Waals surface area contributed by atoms with Crippen molar-refractivity contribution in [1.82, 2.24) is 39.0 Å². The molecule has 8 nitrogen and oxygen atoms in total. The molecule has 0 spiro atoms. The van der Waals surface area contributed by atoms with Gasteiger partial charge >= 0.3 is 0 Å². The number of aromatic nitrogens is 8. The molecule has 0 amide bonds. The lowest BCUT2D eigenvalue weighted by Crippen LogP contribution is -2.36. The summed E-state index contributed by atoms with van der Waals surface area (Å²) in [4.78, 5) is 28.6. The second-order valence-corrected chi connectivity index (χ2v) is 13.5. The molecule has 2 N–H and O–H groups in total. The topological polar surface area (TPSA) is 93.0 Å². The Bertz CT molecular complexity index is 2160. The van der Waals surface area contributed by atoms with Crippen LogP contribution in [0.2, 0.25) is 0 Å². The summed E-state index contributed by atoms with van der Waals surface area (Å²) in [5, 5.41) is 0. The molecule has 8 heteroatoms. The monoisotopic (exact) mass is 634 g/mol. The summed E-state index contributed by atoms with van der Waals surface area (Å²) in [6.07, 6.45) is 3.51. The van der Waals surface area contributed by atoms with Crippen LogP contribution >= 0.6 is 0 Å². The second kappa shape index (κ2) is 11.8. The number of hydrogen-bond acceptors (Lipinski definition) is 4. The highest BCUT2D eigenvalue weighted by molar-refractivity contribution is 5.79. The molecule has 242 valence electrons. The van der Waals surface area contributed by atoms with Crippen molar-refractivity contribution in [3.63, 3.8) is 0 Å². The maximum absolute atomic E-state index is 5.43. The first-order valence-corrected chi connectivity index (χ1v) is 17.2. The van der Waals surface area contributed by atoms with E-state index in [4.69, 9.17) is 19.9 Å². The number of aryl methyl sites for hydroxylation is 2. The van der Waals surface area contributed by atoms with Gasteiger partial charge in [0.2, 0.25) is 0 Å².